The summed E-state index contributed by atoms with van der Waals surface area (Å²) in [6.45, 7) is 0.404. The number of rotatable bonds is 12. The van der Waals surface area contributed by atoms with Gasteiger partial charge in [-0.3, -0.25) is 14.4 Å². The SMILES string of the molecule is CNC(NOC=O)c1ccc(S(=O)N(Cc2ccc(OC(F)(F)F)cc2)c2ncc3ccccc3c2C2CC2)cc1. The average molecular weight is 585 g/mol. The Balaban J connectivity index is 1.52. The Morgan fingerprint density at radius 1 is 1.07 bits per heavy atom. The van der Waals surface area contributed by atoms with E-state index < -0.39 is 23.5 Å². The summed E-state index contributed by atoms with van der Waals surface area (Å²) in [7, 11) is -0.0433. The number of hydrogen-bond donors (Lipinski definition) is 2. The maximum absolute atomic E-state index is 14.2. The molecule has 3 aromatic carbocycles. The first-order chi connectivity index (χ1) is 19.8. The molecular formula is C29H27F3N4O4S. The van der Waals surface area contributed by atoms with E-state index in [1.165, 1.54) is 24.3 Å². The fourth-order valence-electron chi connectivity index (χ4n) is 4.62. The molecule has 0 saturated heterocycles. The Hall–Kier alpha value is -4.00. The summed E-state index contributed by atoms with van der Waals surface area (Å²) in [5.74, 6) is 0.505. The number of anilines is 1. The number of alkyl halides is 3. The minimum atomic E-state index is -4.80. The van der Waals surface area contributed by atoms with E-state index in [4.69, 9.17) is 4.98 Å². The van der Waals surface area contributed by atoms with Crippen LogP contribution in [0, 0.1) is 0 Å². The van der Waals surface area contributed by atoms with Crippen molar-refractivity contribution in [1.29, 1.82) is 0 Å². The van der Waals surface area contributed by atoms with Crippen LogP contribution in [-0.4, -0.2) is 29.1 Å². The van der Waals surface area contributed by atoms with E-state index in [2.05, 4.69) is 20.4 Å². The fraction of sp³-hybridized carbons (Fsp3) is 0.241. The number of carbonyl (C=O) groups excluding carboxylic acids is 1. The van der Waals surface area contributed by atoms with Crippen LogP contribution in [0.25, 0.3) is 10.8 Å². The van der Waals surface area contributed by atoms with E-state index in [9.17, 15) is 22.2 Å². The number of ether oxygens (including phenoxy) is 1. The van der Waals surface area contributed by atoms with Gasteiger partial charge >= 0.3 is 12.8 Å². The van der Waals surface area contributed by atoms with E-state index in [-0.39, 0.29) is 24.7 Å². The second kappa shape index (κ2) is 12.2. The van der Waals surface area contributed by atoms with Gasteiger partial charge in [0.25, 0.3) is 0 Å². The van der Waals surface area contributed by atoms with Gasteiger partial charge < -0.3 is 9.57 Å². The first-order valence-corrected chi connectivity index (χ1v) is 13.9. The Morgan fingerprint density at radius 3 is 2.41 bits per heavy atom. The molecule has 1 aliphatic carbocycles. The smallest absolute Gasteiger partial charge is 0.406 e. The van der Waals surface area contributed by atoms with Crippen LogP contribution in [0.5, 0.6) is 5.75 Å². The number of hydrogen-bond acceptors (Lipinski definition) is 7. The molecule has 1 aliphatic rings. The number of nitrogens with zero attached hydrogens (tertiary/aromatic N) is 2. The highest BCUT2D eigenvalue weighted by Crippen LogP contribution is 2.47. The molecule has 12 heteroatoms. The van der Waals surface area contributed by atoms with Gasteiger partial charge in [-0.2, -0.15) is 0 Å². The summed E-state index contributed by atoms with van der Waals surface area (Å²) < 4.78 is 57.9. The van der Waals surface area contributed by atoms with E-state index in [1.54, 1.807) is 41.8 Å². The van der Waals surface area contributed by atoms with Crippen molar-refractivity contribution in [3.63, 3.8) is 0 Å². The number of pyridine rings is 1. The lowest BCUT2D eigenvalue weighted by atomic mass is 10.0. The quantitative estimate of drug-likeness (QED) is 0.127. The molecule has 0 spiro atoms. The molecular weight excluding hydrogens is 557 g/mol. The van der Waals surface area contributed by atoms with Crippen LogP contribution in [0.1, 0.15) is 41.6 Å². The number of halogens is 3. The van der Waals surface area contributed by atoms with Gasteiger partial charge in [-0.05, 0) is 66.6 Å². The lowest BCUT2D eigenvalue weighted by Crippen LogP contribution is -2.31. The molecule has 2 atom stereocenters. The van der Waals surface area contributed by atoms with Crippen molar-refractivity contribution in [3.05, 3.63) is 95.7 Å². The lowest BCUT2D eigenvalue weighted by molar-refractivity contribution is -0.274. The zero-order valence-corrected chi connectivity index (χ0v) is 22.7. The maximum atomic E-state index is 14.2. The molecule has 0 aliphatic heterocycles. The van der Waals surface area contributed by atoms with Gasteiger partial charge in [0.2, 0.25) is 0 Å². The lowest BCUT2D eigenvalue weighted by Gasteiger charge is -2.26. The zero-order chi connectivity index (χ0) is 29.0. The molecule has 1 fully saturated rings. The maximum Gasteiger partial charge on any atom is 0.573 e. The number of nitrogens with one attached hydrogen (secondary N) is 2. The molecule has 0 radical (unpaired) electrons. The van der Waals surface area contributed by atoms with Crippen molar-refractivity contribution in [3.8, 4) is 5.75 Å². The number of fused-ring (bicyclic) bond motifs is 1. The second-order valence-corrected chi connectivity index (χ2v) is 10.9. The Kier molecular flexibility index (Phi) is 8.52. The minimum absolute atomic E-state index is 0.125. The summed E-state index contributed by atoms with van der Waals surface area (Å²) in [6, 6.07) is 20.4. The first kappa shape index (κ1) is 28.5. The van der Waals surface area contributed by atoms with Crippen LogP contribution in [0.3, 0.4) is 0 Å². The molecule has 2 N–H and O–H groups in total. The molecule has 4 aromatic rings. The van der Waals surface area contributed by atoms with Crippen molar-refractivity contribution < 1.29 is 31.7 Å². The third-order valence-electron chi connectivity index (χ3n) is 6.66. The largest absolute Gasteiger partial charge is 0.573 e. The number of aromatic nitrogens is 1. The van der Waals surface area contributed by atoms with Gasteiger partial charge in [0.1, 0.15) is 17.7 Å². The molecule has 1 saturated carbocycles. The van der Waals surface area contributed by atoms with Gasteiger partial charge in [-0.25, -0.2) is 9.19 Å². The summed E-state index contributed by atoms with van der Waals surface area (Å²) in [6.07, 6.45) is -1.55. The summed E-state index contributed by atoms with van der Waals surface area (Å²) in [4.78, 5) is 20.5. The summed E-state index contributed by atoms with van der Waals surface area (Å²) in [5, 5.41) is 4.98. The van der Waals surface area contributed by atoms with E-state index in [0.717, 1.165) is 34.7 Å². The van der Waals surface area contributed by atoms with Gasteiger partial charge in [-0.15, -0.1) is 18.7 Å². The molecule has 41 heavy (non-hydrogen) atoms. The van der Waals surface area contributed by atoms with Gasteiger partial charge in [0.15, 0.2) is 11.0 Å². The molecule has 1 heterocycles. The third-order valence-corrected chi connectivity index (χ3v) is 8.04. The Labute approximate surface area is 237 Å². The Bertz CT molecular complexity index is 1530. The van der Waals surface area contributed by atoms with Crippen LogP contribution < -0.4 is 19.8 Å². The zero-order valence-electron chi connectivity index (χ0n) is 21.9. The van der Waals surface area contributed by atoms with Crippen LogP contribution in [-0.2, 0) is 27.2 Å². The van der Waals surface area contributed by atoms with Gasteiger partial charge in [0.05, 0.1) is 11.4 Å². The minimum Gasteiger partial charge on any atom is -0.406 e. The van der Waals surface area contributed by atoms with Crippen molar-refractivity contribution in [2.45, 2.75) is 42.7 Å². The molecule has 8 nitrogen and oxygen atoms in total. The second-order valence-electron chi connectivity index (χ2n) is 9.46. The highest BCUT2D eigenvalue weighted by molar-refractivity contribution is 7.86. The highest BCUT2D eigenvalue weighted by atomic mass is 32.2. The Morgan fingerprint density at radius 2 is 1.78 bits per heavy atom. The number of benzene rings is 3. The predicted octanol–water partition coefficient (Wildman–Crippen LogP) is 5.64. The standard InChI is InChI=1S/C29H27F3N4O4S/c1-33-27(35-39-18-37)21-10-14-24(15-11-21)41(38)36(17-19-6-12-23(13-7-19)40-29(30,31)32)28-26(20-8-9-20)25-5-3-2-4-22(25)16-34-28/h2-7,10-16,18,20,27,33,35H,8-9,17H2,1H3. The predicted molar refractivity (Wildman–Crippen MR) is 148 cm³/mol. The molecule has 0 amide bonds. The topological polar surface area (TPSA) is 92.8 Å². The monoisotopic (exact) mass is 584 g/mol. The molecule has 214 valence electrons. The first-order valence-electron chi connectivity index (χ1n) is 12.8. The molecule has 1 aromatic heterocycles. The van der Waals surface area contributed by atoms with Gasteiger partial charge in [-0.1, -0.05) is 48.5 Å². The summed E-state index contributed by atoms with van der Waals surface area (Å²) in [5.41, 5.74) is 4.95. The van der Waals surface area contributed by atoms with Crippen molar-refractivity contribution in [1.82, 2.24) is 15.8 Å². The highest BCUT2D eigenvalue weighted by Gasteiger charge is 2.33. The van der Waals surface area contributed by atoms with Crippen LogP contribution in [0.15, 0.2) is 83.9 Å². The number of carbonyl (C=O) groups is 1. The van der Waals surface area contributed by atoms with Gasteiger partial charge in [0, 0.05) is 17.1 Å². The van der Waals surface area contributed by atoms with E-state index in [0.29, 0.717) is 16.3 Å². The van der Waals surface area contributed by atoms with E-state index >= 15 is 0 Å². The third kappa shape index (κ3) is 6.84. The van der Waals surface area contributed by atoms with Crippen molar-refractivity contribution in [2.75, 3.05) is 11.4 Å². The van der Waals surface area contributed by atoms with Crippen LogP contribution in [0.2, 0.25) is 0 Å². The van der Waals surface area contributed by atoms with Crippen molar-refractivity contribution >= 4 is 34.0 Å². The van der Waals surface area contributed by atoms with Crippen LogP contribution in [0.4, 0.5) is 19.0 Å². The summed E-state index contributed by atoms with van der Waals surface area (Å²) >= 11 is 0. The van der Waals surface area contributed by atoms with E-state index in [1.807, 2.05) is 24.3 Å². The van der Waals surface area contributed by atoms with Crippen LogP contribution >= 0.6 is 0 Å². The molecule has 0 bridgehead atoms. The number of hydroxylamine groups is 1. The molecule has 5 rings (SSSR count). The van der Waals surface area contributed by atoms with Crippen molar-refractivity contribution in [2.24, 2.45) is 0 Å². The molecule has 2 unspecified atom stereocenters. The average Bonchev–Trinajstić information content (AvgIpc) is 3.81. The fourth-order valence-corrected chi connectivity index (χ4v) is 5.81. The normalized spacial score (nSPS) is 14.8.